The zero-order valence-electron chi connectivity index (χ0n) is 21.8. The van der Waals surface area contributed by atoms with Gasteiger partial charge in [0.05, 0.1) is 5.69 Å². The lowest BCUT2D eigenvalue weighted by Crippen LogP contribution is -2.10. The molecule has 7 aromatic rings. The molecule has 0 aliphatic heterocycles. The highest BCUT2D eigenvalue weighted by Crippen LogP contribution is 2.42. The van der Waals surface area contributed by atoms with Crippen LogP contribution in [0.25, 0.3) is 43.8 Å². The van der Waals surface area contributed by atoms with Gasteiger partial charge in [-0.05, 0) is 80.9 Å². The fraction of sp³-hybridized carbons (Fsp3) is 0. The van der Waals surface area contributed by atoms with Crippen LogP contribution in [-0.4, -0.2) is 0 Å². The Labute approximate surface area is 239 Å². The third-order valence-corrected chi connectivity index (χ3v) is 7.77. The van der Waals surface area contributed by atoms with Crippen molar-refractivity contribution in [1.29, 1.82) is 0 Å². The minimum atomic E-state index is 0.744. The molecule has 0 unspecified atom stereocenters. The summed E-state index contributed by atoms with van der Waals surface area (Å²) in [6.07, 6.45) is 0. The van der Waals surface area contributed by atoms with Gasteiger partial charge in [0.2, 0.25) is 0 Å². The first kappa shape index (κ1) is 24.2. The Balaban J connectivity index is 1.41. The molecule has 0 aliphatic carbocycles. The molecule has 0 saturated carbocycles. The van der Waals surface area contributed by atoms with Gasteiger partial charge in [0.25, 0.3) is 0 Å². The van der Waals surface area contributed by atoms with Crippen molar-refractivity contribution in [3.05, 3.63) is 163 Å². The highest BCUT2D eigenvalue weighted by atomic mass is 35.5. The molecule has 7 rings (SSSR count). The van der Waals surface area contributed by atoms with Gasteiger partial charge < -0.3 is 4.90 Å². The molecule has 0 amide bonds. The summed E-state index contributed by atoms with van der Waals surface area (Å²) in [5, 5.41) is 5.70. The normalized spacial score (nSPS) is 11.1. The Morgan fingerprint density at radius 1 is 0.375 bits per heavy atom. The van der Waals surface area contributed by atoms with Crippen LogP contribution in [0.3, 0.4) is 0 Å². The number of halogens is 1. The quantitative estimate of drug-likeness (QED) is 0.200. The van der Waals surface area contributed by atoms with Crippen molar-refractivity contribution in [1.82, 2.24) is 0 Å². The van der Waals surface area contributed by atoms with Crippen LogP contribution in [-0.2, 0) is 0 Å². The van der Waals surface area contributed by atoms with E-state index in [1.54, 1.807) is 0 Å². The molecular weight excluding hydrogens is 506 g/mol. The van der Waals surface area contributed by atoms with Crippen molar-refractivity contribution in [3.8, 4) is 22.3 Å². The molecule has 40 heavy (non-hydrogen) atoms. The number of anilines is 3. The van der Waals surface area contributed by atoms with Crippen LogP contribution in [0.15, 0.2) is 158 Å². The van der Waals surface area contributed by atoms with Crippen LogP contribution in [0.5, 0.6) is 0 Å². The molecule has 0 N–H and O–H groups in total. The molecule has 0 aliphatic rings. The van der Waals surface area contributed by atoms with Crippen LogP contribution in [0, 0.1) is 0 Å². The molecule has 0 heterocycles. The smallest absolute Gasteiger partial charge is 0.0546 e. The van der Waals surface area contributed by atoms with Gasteiger partial charge in [-0.15, -0.1) is 0 Å². The van der Waals surface area contributed by atoms with Gasteiger partial charge in [0.15, 0.2) is 0 Å². The first-order chi connectivity index (χ1) is 19.7. The maximum Gasteiger partial charge on any atom is 0.0546 e. The van der Waals surface area contributed by atoms with Gasteiger partial charge >= 0.3 is 0 Å². The third-order valence-electron chi connectivity index (χ3n) is 7.52. The molecule has 2 heteroatoms. The number of rotatable bonds is 5. The molecule has 190 valence electrons. The molecule has 0 saturated heterocycles. The highest BCUT2D eigenvalue weighted by molar-refractivity contribution is 6.30. The summed E-state index contributed by atoms with van der Waals surface area (Å²) in [5.74, 6) is 0. The Morgan fingerprint density at radius 3 is 1.43 bits per heavy atom. The lowest BCUT2D eigenvalue weighted by atomic mass is 9.98. The van der Waals surface area contributed by atoms with E-state index in [0.29, 0.717) is 0 Å². The maximum atomic E-state index is 6.13. The Hall–Kier alpha value is -4.85. The fourth-order valence-electron chi connectivity index (χ4n) is 5.53. The Morgan fingerprint density at radius 2 is 0.825 bits per heavy atom. The zero-order valence-corrected chi connectivity index (χ0v) is 22.6. The maximum absolute atomic E-state index is 6.13. The predicted molar refractivity (Wildman–Crippen MR) is 172 cm³/mol. The minimum Gasteiger partial charge on any atom is -0.310 e. The van der Waals surface area contributed by atoms with E-state index in [1.807, 2.05) is 12.1 Å². The summed E-state index contributed by atoms with van der Waals surface area (Å²) in [4.78, 5) is 2.37. The molecular formula is C38H26ClN. The zero-order chi connectivity index (χ0) is 26.9. The van der Waals surface area contributed by atoms with Crippen molar-refractivity contribution in [2.24, 2.45) is 0 Å². The van der Waals surface area contributed by atoms with E-state index in [-0.39, 0.29) is 0 Å². The minimum absolute atomic E-state index is 0.744. The van der Waals surface area contributed by atoms with E-state index < -0.39 is 0 Å². The van der Waals surface area contributed by atoms with E-state index in [2.05, 4.69) is 150 Å². The van der Waals surface area contributed by atoms with Crippen molar-refractivity contribution in [3.63, 3.8) is 0 Å². The lowest BCUT2D eigenvalue weighted by molar-refractivity contribution is 1.30. The van der Waals surface area contributed by atoms with Gasteiger partial charge in [0.1, 0.15) is 0 Å². The van der Waals surface area contributed by atoms with E-state index in [1.165, 1.54) is 32.7 Å². The molecule has 0 spiro atoms. The van der Waals surface area contributed by atoms with E-state index in [0.717, 1.165) is 33.2 Å². The molecule has 1 nitrogen and oxygen atoms in total. The molecule has 0 bridgehead atoms. The summed E-state index contributed by atoms with van der Waals surface area (Å²) in [5.41, 5.74) is 8.08. The van der Waals surface area contributed by atoms with Crippen LogP contribution in [0.4, 0.5) is 17.1 Å². The first-order valence-corrected chi connectivity index (χ1v) is 13.8. The van der Waals surface area contributed by atoms with Crippen molar-refractivity contribution in [2.75, 3.05) is 4.90 Å². The van der Waals surface area contributed by atoms with Gasteiger partial charge in [-0.3, -0.25) is 0 Å². The average Bonchev–Trinajstić information content (AvgIpc) is 3.03. The van der Waals surface area contributed by atoms with Gasteiger partial charge in [-0.2, -0.15) is 0 Å². The average molecular weight is 532 g/mol. The lowest BCUT2D eigenvalue weighted by Gasteiger charge is -2.28. The van der Waals surface area contributed by atoms with Gasteiger partial charge in [-0.1, -0.05) is 127 Å². The van der Waals surface area contributed by atoms with Crippen LogP contribution in [0.2, 0.25) is 5.02 Å². The summed E-state index contributed by atoms with van der Waals surface area (Å²) >= 11 is 6.13. The van der Waals surface area contributed by atoms with Crippen LogP contribution in [0.1, 0.15) is 0 Å². The summed E-state index contributed by atoms with van der Waals surface area (Å²) in [7, 11) is 0. The number of nitrogens with zero attached hydrogens (tertiary/aromatic N) is 1. The summed E-state index contributed by atoms with van der Waals surface area (Å²) in [6, 6.07) is 55.8. The monoisotopic (exact) mass is 531 g/mol. The Kier molecular flexibility index (Phi) is 6.28. The molecule has 0 atom stereocenters. The highest BCUT2D eigenvalue weighted by Gasteiger charge is 2.17. The number of benzene rings is 7. The number of hydrogen-bond donors (Lipinski definition) is 0. The standard InChI is InChI=1S/C38H26ClN/c39-32-20-14-28(15-21-32)30-18-24-34(25-19-30)40(33-22-16-29(17-23-33)27-8-2-1-3-9-27)38-26-31-10-4-5-11-35(31)36-12-6-7-13-37(36)38/h1-26H. The summed E-state index contributed by atoms with van der Waals surface area (Å²) in [6.45, 7) is 0. The number of hydrogen-bond acceptors (Lipinski definition) is 1. The fourth-order valence-corrected chi connectivity index (χ4v) is 5.65. The van der Waals surface area contributed by atoms with Crippen molar-refractivity contribution in [2.45, 2.75) is 0 Å². The van der Waals surface area contributed by atoms with Gasteiger partial charge in [0, 0.05) is 21.8 Å². The molecule has 7 aromatic carbocycles. The SMILES string of the molecule is Clc1ccc(-c2ccc(N(c3ccc(-c4ccccc4)cc3)c3cc4ccccc4c4ccccc34)cc2)cc1. The summed E-state index contributed by atoms with van der Waals surface area (Å²) < 4.78 is 0. The van der Waals surface area contributed by atoms with Gasteiger partial charge in [-0.25, -0.2) is 0 Å². The second-order valence-corrected chi connectivity index (χ2v) is 10.4. The van der Waals surface area contributed by atoms with Crippen LogP contribution >= 0.6 is 11.6 Å². The van der Waals surface area contributed by atoms with E-state index in [9.17, 15) is 0 Å². The topological polar surface area (TPSA) is 3.24 Å². The molecule has 0 aromatic heterocycles. The first-order valence-electron chi connectivity index (χ1n) is 13.5. The largest absolute Gasteiger partial charge is 0.310 e. The van der Waals surface area contributed by atoms with E-state index >= 15 is 0 Å². The van der Waals surface area contributed by atoms with Crippen molar-refractivity contribution >= 4 is 50.2 Å². The van der Waals surface area contributed by atoms with Crippen molar-refractivity contribution < 1.29 is 0 Å². The second-order valence-electron chi connectivity index (χ2n) is 9.96. The second kappa shape index (κ2) is 10.4. The molecule has 0 fully saturated rings. The van der Waals surface area contributed by atoms with E-state index in [4.69, 9.17) is 11.6 Å². The Bertz CT molecular complexity index is 1920. The van der Waals surface area contributed by atoms with Crippen LogP contribution < -0.4 is 4.90 Å². The molecule has 0 radical (unpaired) electrons. The third kappa shape index (κ3) is 4.51. The predicted octanol–water partition coefficient (Wildman–Crippen LogP) is 11.5. The number of fused-ring (bicyclic) bond motifs is 3.